The van der Waals surface area contributed by atoms with E-state index in [2.05, 4.69) is 10.6 Å². The number of nitrogens with one attached hydrogen (secondary N) is 2. The summed E-state index contributed by atoms with van der Waals surface area (Å²) in [4.78, 5) is 40.3. The summed E-state index contributed by atoms with van der Waals surface area (Å²) in [5, 5.41) is 5.46. The molecule has 4 rings (SSSR count). The smallest absolute Gasteiger partial charge is 0.325 e. The maximum absolute atomic E-state index is 12.7. The molecule has 0 aliphatic carbocycles. The first kappa shape index (κ1) is 17.8. The number of urea groups is 1. The van der Waals surface area contributed by atoms with E-state index in [1.807, 2.05) is 12.1 Å². The largest absolute Gasteiger partial charge is 0.497 e. The number of ether oxygens (including phenoxy) is 1. The third-order valence-electron chi connectivity index (χ3n) is 4.91. The second-order valence-electron chi connectivity index (χ2n) is 6.63. The second-order valence-corrected chi connectivity index (χ2v) is 6.63. The third-order valence-corrected chi connectivity index (χ3v) is 4.91. The maximum atomic E-state index is 12.7. The highest BCUT2D eigenvalue weighted by Gasteiger charge is 2.34. The molecule has 2 aromatic carbocycles. The number of carbonyl (C=O) groups is 3. The van der Waals surface area contributed by atoms with E-state index in [-0.39, 0.29) is 24.4 Å². The molecule has 4 amide bonds. The summed E-state index contributed by atoms with van der Waals surface area (Å²) in [6.45, 7) is 0.828. The van der Waals surface area contributed by atoms with Crippen molar-refractivity contribution < 1.29 is 19.1 Å². The average molecular weight is 380 g/mol. The van der Waals surface area contributed by atoms with Crippen LogP contribution in [0.1, 0.15) is 11.6 Å². The molecule has 2 aliphatic heterocycles. The van der Waals surface area contributed by atoms with Crippen LogP contribution < -0.4 is 20.3 Å². The number of para-hydroxylation sites is 1. The Morgan fingerprint density at radius 1 is 1.14 bits per heavy atom. The lowest BCUT2D eigenvalue weighted by Gasteiger charge is -2.19. The minimum atomic E-state index is -0.737. The SMILES string of the molecule is COc1ccc(N2CCN(CC(=O)NC3C(=O)Nc4ccccc43)C2=O)cc1. The van der Waals surface area contributed by atoms with Crippen LogP contribution in [0.25, 0.3) is 0 Å². The van der Waals surface area contributed by atoms with Crippen molar-refractivity contribution in [2.24, 2.45) is 0 Å². The van der Waals surface area contributed by atoms with Gasteiger partial charge in [-0.1, -0.05) is 18.2 Å². The lowest BCUT2D eigenvalue weighted by molar-refractivity contribution is -0.126. The van der Waals surface area contributed by atoms with Gasteiger partial charge >= 0.3 is 6.03 Å². The Balaban J connectivity index is 1.39. The molecule has 8 nitrogen and oxygen atoms in total. The minimum absolute atomic E-state index is 0.0998. The van der Waals surface area contributed by atoms with Gasteiger partial charge in [0.15, 0.2) is 0 Å². The van der Waals surface area contributed by atoms with E-state index in [1.165, 1.54) is 4.90 Å². The fraction of sp³-hybridized carbons (Fsp3) is 0.250. The number of amides is 4. The molecule has 1 saturated heterocycles. The van der Waals surface area contributed by atoms with Gasteiger partial charge in [0.25, 0.3) is 5.91 Å². The van der Waals surface area contributed by atoms with E-state index in [1.54, 1.807) is 48.4 Å². The van der Waals surface area contributed by atoms with Crippen LogP contribution in [0.5, 0.6) is 5.75 Å². The molecule has 2 aromatic rings. The summed E-state index contributed by atoms with van der Waals surface area (Å²) < 4.78 is 5.13. The van der Waals surface area contributed by atoms with Crippen molar-refractivity contribution in [3.05, 3.63) is 54.1 Å². The fourth-order valence-corrected chi connectivity index (χ4v) is 3.46. The van der Waals surface area contributed by atoms with Crippen LogP contribution in [0, 0.1) is 0 Å². The molecule has 28 heavy (non-hydrogen) atoms. The maximum Gasteiger partial charge on any atom is 0.325 e. The van der Waals surface area contributed by atoms with Gasteiger partial charge in [-0.3, -0.25) is 14.5 Å². The quantitative estimate of drug-likeness (QED) is 0.827. The van der Waals surface area contributed by atoms with Crippen molar-refractivity contribution in [3.63, 3.8) is 0 Å². The summed E-state index contributed by atoms with van der Waals surface area (Å²) in [7, 11) is 1.58. The average Bonchev–Trinajstić information content (AvgIpc) is 3.22. The Morgan fingerprint density at radius 3 is 2.64 bits per heavy atom. The van der Waals surface area contributed by atoms with Crippen LogP contribution >= 0.6 is 0 Å². The van der Waals surface area contributed by atoms with Crippen LogP contribution in [0.3, 0.4) is 0 Å². The molecule has 0 spiro atoms. The number of hydrogen-bond acceptors (Lipinski definition) is 4. The van der Waals surface area contributed by atoms with Crippen molar-refractivity contribution in [1.82, 2.24) is 10.2 Å². The number of carbonyl (C=O) groups excluding carboxylic acids is 3. The molecule has 0 bridgehead atoms. The highest BCUT2D eigenvalue weighted by molar-refractivity contribution is 6.04. The number of fused-ring (bicyclic) bond motifs is 1. The zero-order valence-electron chi connectivity index (χ0n) is 15.3. The molecule has 8 heteroatoms. The van der Waals surface area contributed by atoms with Crippen LogP contribution in [-0.2, 0) is 9.59 Å². The monoisotopic (exact) mass is 380 g/mol. The third kappa shape index (κ3) is 3.24. The number of hydrogen-bond donors (Lipinski definition) is 2. The number of anilines is 2. The van der Waals surface area contributed by atoms with Crippen LogP contribution in [-0.4, -0.2) is 49.5 Å². The molecule has 0 aromatic heterocycles. The van der Waals surface area contributed by atoms with E-state index in [0.717, 1.165) is 11.3 Å². The first-order chi connectivity index (χ1) is 13.6. The Morgan fingerprint density at radius 2 is 1.89 bits per heavy atom. The summed E-state index contributed by atoms with van der Waals surface area (Å²) in [5.74, 6) is 0.0608. The highest BCUT2D eigenvalue weighted by atomic mass is 16.5. The van der Waals surface area contributed by atoms with Gasteiger partial charge in [0, 0.05) is 30.0 Å². The van der Waals surface area contributed by atoms with E-state index in [0.29, 0.717) is 24.5 Å². The Kier molecular flexibility index (Phi) is 4.60. The topological polar surface area (TPSA) is 91.0 Å². The van der Waals surface area contributed by atoms with E-state index in [4.69, 9.17) is 4.74 Å². The van der Waals surface area contributed by atoms with Crippen molar-refractivity contribution >= 4 is 29.2 Å². The van der Waals surface area contributed by atoms with Gasteiger partial charge in [-0.15, -0.1) is 0 Å². The molecule has 1 atom stereocenters. The van der Waals surface area contributed by atoms with Gasteiger partial charge in [0.05, 0.1) is 7.11 Å². The predicted octanol–water partition coefficient (Wildman–Crippen LogP) is 1.75. The summed E-state index contributed by atoms with van der Waals surface area (Å²) >= 11 is 0. The molecule has 2 N–H and O–H groups in total. The van der Waals surface area contributed by atoms with Gasteiger partial charge in [-0.25, -0.2) is 4.79 Å². The zero-order valence-corrected chi connectivity index (χ0v) is 15.3. The molecule has 1 fully saturated rings. The van der Waals surface area contributed by atoms with Crippen molar-refractivity contribution in [3.8, 4) is 5.75 Å². The van der Waals surface area contributed by atoms with Gasteiger partial charge in [0.2, 0.25) is 5.91 Å². The first-order valence-corrected chi connectivity index (χ1v) is 8.96. The van der Waals surface area contributed by atoms with Crippen molar-refractivity contribution in [2.45, 2.75) is 6.04 Å². The molecular formula is C20H20N4O4. The number of methoxy groups -OCH3 is 1. The molecule has 1 unspecified atom stereocenters. The standard InChI is InChI=1S/C20H20N4O4/c1-28-14-8-6-13(7-9-14)24-11-10-23(20(24)27)12-17(25)22-18-15-4-2-3-5-16(15)21-19(18)26/h2-9,18H,10-12H2,1H3,(H,21,26)(H,22,25). The molecule has 2 aliphatic rings. The van der Waals surface area contributed by atoms with E-state index in [9.17, 15) is 14.4 Å². The molecule has 0 radical (unpaired) electrons. The number of benzene rings is 2. The lowest BCUT2D eigenvalue weighted by atomic mass is 10.1. The van der Waals surface area contributed by atoms with Gasteiger partial charge in [-0.05, 0) is 30.3 Å². The first-order valence-electron chi connectivity index (χ1n) is 8.96. The second kappa shape index (κ2) is 7.22. The van der Waals surface area contributed by atoms with Crippen LogP contribution in [0.15, 0.2) is 48.5 Å². The normalized spacial score (nSPS) is 18.1. The summed E-state index contributed by atoms with van der Waals surface area (Å²) in [5.41, 5.74) is 2.17. The molecular weight excluding hydrogens is 360 g/mol. The fourth-order valence-electron chi connectivity index (χ4n) is 3.46. The van der Waals surface area contributed by atoms with Crippen molar-refractivity contribution in [2.75, 3.05) is 37.0 Å². The summed E-state index contributed by atoms with van der Waals surface area (Å²) in [6, 6.07) is 13.4. The van der Waals surface area contributed by atoms with Crippen molar-refractivity contribution in [1.29, 1.82) is 0 Å². The number of rotatable bonds is 5. The van der Waals surface area contributed by atoms with Gasteiger partial charge in [-0.2, -0.15) is 0 Å². The zero-order chi connectivity index (χ0) is 19.7. The van der Waals surface area contributed by atoms with Gasteiger partial charge in [0.1, 0.15) is 18.3 Å². The Hall–Kier alpha value is -3.55. The molecule has 2 heterocycles. The predicted molar refractivity (Wildman–Crippen MR) is 103 cm³/mol. The lowest BCUT2D eigenvalue weighted by Crippen LogP contribution is -2.42. The van der Waals surface area contributed by atoms with E-state index >= 15 is 0 Å². The Labute approximate surface area is 162 Å². The molecule has 0 saturated carbocycles. The molecule has 144 valence electrons. The van der Waals surface area contributed by atoms with E-state index < -0.39 is 6.04 Å². The highest BCUT2D eigenvalue weighted by Crippen LogP contribution is 2.30. The van der Waals surface area contributed by atoms with Crippen LogP contribution in [0.2, 0.25) is 0 Å². The van der Waals surface area contributed by atoms with Crippen LogP contribution in [0.4, 0.5) is 16.2 Å². The van der Waals surface area contributed by atoms with Gasteiger partial charge < -0.3 is 20.3 Å². The number of nitrogens with zero attached hydrogens (tertiary/aromatic N) is 2. The minimum Gasteiger partial charge on any atom is -0.497 e. The summed E-state index contributed by atoms with van der Waals surface area (Å²) in [6.07, 6.45) is 0. The Bertz CT molecular complexity index is 928.